The highest BCUT2D eigenvalue weighted by atomic mass is 16.6. The third-order valence-corrected chi connectivity index (χ3v) is 2.67. The molecule has 2 aromatic rings. The van der Waals surface area contributed by atoms with Crippen LogP contribution in [0.3, 0.4) is 0 Å². The second-order valence-corrected chi connectivity index (χ2v) is 3.98. The first-order valence-electron chi connectivity index (χ1n) is 5.59. The molecule has 1 amide bonds. The SMILES string of the molecule is Cc1cc(NN)c([N+](=O)[O-])cc1C(=O)Nc1ncc[nH]1. The number of aryl methyl sites for hydroxylation is 1. The van der Waals surface area contributed by atoms with Crippen molar-refractivity contribution in [2.24, 2.45) is 5.84 Å². The van der Waals surface area contributed by atoms with E-state index in [9.17, 15) is 14.9 Å². The van der Waals surface area contributed by atoms with Crippen LogP contribution in [0.5, 0.6) is 0 Å². The van der Waals surface area contributed by atoms with Gasteiger partial charge in [-0.15, -0.1) is 0 Å². The van der Waals surface area contributed by atoms with Gasteiger partial charge < -0.3 is 10.4 Å². The number of carbonyl (C=O) groups is 1. The van der Waals surface area contributed by atoms with E-state index in [0.717, 1.165) is 0 Å². The van der Waals surface area contributed by atoms with Crippen molar-refractivity contribution in [1.29, 1.82) is 0 Å². The van der Waals surface area contributed by atoms with Gasteiger partial charge in [0.05, 0.1) is 4.92 Å². The second kappa shape index (κ2) is 5.36. The van der Waals surface area contributed by atoms with Crippen molar-refractivity contribution in [2.75, 3.05) is 10.7 Å². The molecule has 0 saturated heterocycles. The number of imidazole rings is 1. The van der Waals surface area contributed by atoms with Crippen molar-refractivity contribution < 1.29 is 9.72 Å². The lowest BCUT2D eigenvalue weighted by Crippen LogP contribution is -2.16. The largest absolute Gasteiger partial charge is 0.331 e. The summed E-state index contributed by atoms with van der Waals surface area (Å²) in [5.74, 6) is 4.99. The molecule has 0 aliphatic heterocycles. The summed E-state index contributed by atoms with van der Waals surface area (Å²) < 4.78 is 0. The molecule has 9 heteroatoms. The lowest BCUT2D eigenvalue weighted by molar-refractivity contribution is -0.384. The van der Waals surface area contributed by atoms with E-state index in [1.807, 2.05) is 0 Å². The Morgan fingerprint density at radius 2 is 2.25 bits per heavy atom. The van der Waals surface area contributed by atoms with Crippen LogP contribution in [0.1, 0.15) is 15.9 Å². The number of hydrogen-bond acceptors (Lipinski definition) is 6. The first-order chi connectivity index (χ1) is 9.52. The molecule has 9 nitrogen and oxygen atoms in total. The average molecular weight is 276 g/mol. The van der Waals surface area contributed by atoms with Crippen LogP contribution in [0.25, 0.3) is 0 Å². The minimum atomic E-state index is -0.613. The zero-order chi connectivity index (χ0) is 14.7. The molecular weight excluding hydrogens is 264 g/mol. The fourth-order valence-electron chi connectivity index (χ4n) is 1.72. The number of nitro benzene ring substituents is 1. The van der Waals surface area contributed by atoms with Crippen molar-refractivity contribution in [3.8, 4) is 0 Å². The van der Waals surface area contributed by atoms with Gasteiger partial charge in [0.1, 0.15) is 5.69 Å². The number of anilines is 2. The van der Waals surface area contributed by atoms with Gasteiger partial charge in [0.25, 0.3) is 11.6 Å². The van der Waals surface area contributed by atoms with Crippen LogP contribution >= 0.6 is 0 Å². The zero-order valence-corrected chi connectivity index (χ0v) is 10.5. The van der Waals surface area contributed by atoms with E-state index < -0.39 is 10.8 Å². The predicted molar refractivity (Wildman–Crippen MR) is 72.2 cm³/mol. The predicted octanol–water partition coefficient (Wildman–Crippen LogP) is 1.16. The summed E-state index contributed by atoms with van der Waals surface area (Å²) >= 11 is 0. The highest BCUT2D eigenvalue weighted by Gasteiger charge is 2.20. The first kappa shape index (κ1) is 13.5. The van der Waals surface area contributed by atoms with Crippen LogP contribution in [0.2, 0.25) is 0 Å². The van der Waals surface area contributed by atoms with Gasteiger partial charge in [-0.1, -0.05) is 0 Å². The molecule has 0 spiro atoms. The first-order valence-corrected chi connectivity index (χ1v) is 5.59. The van der Waals surface area contributed by atoms with Crippen LogP contribution in [0.15, 0.2) is 24.5 Å². The number of nitrogens with one attached hydrogen (secondary N) is 3. The van der Waals surface area contributed by atoms with Crippen LogP contribution in [-0.2, 0) is 0 Å². The summed E-state index contributed by atoms with van der Waals surface area (Å²) in [4.78, 5) is 28.9. The Kier molecular flexibility index (Phi) is 3.62. The van der Waals surface area contributed by atoms with E-state index in [1.165, 1.54) is 18.3 Å². The zero-order valence-electron chi connectivity index (χ0n) is 10.5. The lowest BCUT2D eigenvalue weighted by atomic mass is 10.1. The van der Waals surface area contributed by atoms with Crippen LogP contribution in [0, 0.1) is 17.0 Å². The maximum Gasteiger partial charge on any atom is 0.294 e. The van der Waals surface area contributed by atoms with E-state index in [0.29, 0.717) is 5.56 Å². The molecule has 0 fully saturated rings. The third-order valence-electron chi connectivity index (χ3n) is 2.67. The normalized spacial score (nSPS) is 10.1. The van der Waals surface area contributed by atoms with Gasteiger partial charge in [-0.3, -0.25) is 26.1 Å². The van der Waals surface area contributed by atoms with E-state index in [1.54, 1.807) is 13.1 Å². The summed E-state index contributed by atoms with van der Waals surface area (Å²) in [6.07, 6.45) is 3.03. The number of hydrogen-bond donors (Lipinski definition) is 4. The Morgan fingerprint density at radius 3 is 2.80 bits per heavy atom. The maximum absolute atomic E-state index is 12.1. The Labute approximate surface area is 113 Å². The van der Waals surface area contributed by atoms with E-state index in [2.05, 4.69) is 20.7 Å². The highest BCUT2D eigenvalue weighted by Crippen LogP contribution is 2.27. The van der Waals surface area contributed by atoms with Gasteiger partial charge >= 0.3 is 0 Å². The van der Waals surface area contributed by atoms with Gasteiger partial charge in [-0.2, -0.15) is 0 Å². The monoisotopic (exact) mass is 276 g/mol. The minimum Gasteiger partial charge on any atom is -0.331 e. The third kappa shape index (κ3) is 2.57. The summed E-state index contributed by atoms with van der Waals surface area (Å²) in [7, 11) is 0. The Hall–Kier alpha value is -2.94. The Bertz CT molecular complexity index is 652. The minimum absolute atomic E-state index is 0.141. The topological polar surface area (TPSA) is 139 Å². The molecule has 1 aromatic heterocycles. The number of nitro groups is 1. The van der Waals surface area contributed by atoms with Crippen molar-refractivity contribution in [1.82, 2.24) is 9.97 Å². The van der Waals surface area contributed by atoms with E-state index in [4.69, 9.17) is 5.84 Å². The summed E-state index contributed by atoms with van der Waals surface area (Å²) in [6, 6.07) is 2.61. The molecule has 1 heterocycles. The van der Waals surface area contributed by atoms with Crippen LogP contribution < -0.4 is 16.6 Å². The maximum atomic E-state index is 12.1. The van der Waals surface area contributed by atoms with E-state index in [-0.39, 0.29) is 22.9 Å². The molecule has 0 unspecified atom stereocenters. The average Bonchev–Trinajstić information content (AvgIpc) is 2.90. The number of rotatable bonds is 4. The number of aromatic amines is 1. The van der Waals surface area contributed by atoms with E-state index >= 15 is 0 Å². The highest BCUT2D eigenvalue weighted by molar-refractivity contribution is 6.05. The molecule has 104 valence electrons. The number of carbonyl (C=O) groups excluding carboxylic acids is 1. The number of H-pyrrole nitrogens is 1. The second-order valence-electron chi connectivity index (χ2n) is 3.98. The molecule has 0 radical (unpaired) electrons. The molecule has 0 saturated carbocycles. The van der Waals surface area contributed by atoms with Gasteiger partial charge in [-0.25, -0.2) is 4.98 Å². The number of nitrogens with two attached hydrogens (primary N) is 1. The summed E-state index contributed by atoms with van der Waals surface area (Å²) in [6.45, 7) is 1.65. The lowest BCUT2D eigenvalue weighted by Gasteiger charge is -2.08. The molecule has 0 aliphatic carbocycles. The van der Waals surface area contributed by atoms with Crippen molar-refractivity contribution in [2.45, 2.75) is 6.92 Å². The smallest absolute Gasteiger partial charge is 0.294 e. The number of aromatic nitrogens is 2. The van der Waals surface area contributed by atoms with Gasteiger partial charge in [-0.05, 0) is 18.6 Å². The number of hydrazine groups is 1. The standard InChI is InChI=1S/C11H12N6O3/c1-6-4-8(16-12)9(17(19)20)5-7(6)10(18)15-11-13-2-3-14-11/h2-5,16H,12H2,1H3,(H2,13,14,15,18). The molecular formula is C11H12N6O3. The van der Waals surface area contributed by atoms with Crippen LogP contribution in [-0.4, -0.2) is 20.8 Å². The van der Waals surface area contributed by atoms with Gasteiger partial charge in [0.15, 0.2) is 0 Å². The quantitative estimate of drug-likeness (QED) is 0.375. The summed E-state index contributed by atoms with van der Waals surface area (Å²) in [5.41, 5.74) is 2.83. The summed E-state index contributed by atoms with van der Waals surface area (Å²) in [5, 5.41) is 13.4. The Morgan fingerprint density at radius 1 is 1.50 bits per heavy atom. The molecule has 2 rings (SSSR count). The Balaban J connectivity index is 2.38. The molecule has 1 aromatic carbocycles. The molecule has 5 N–H and O–H groups in total. The fourth-order valence-corrected chi connectivity index (χ4v) is 1.72. The van der Waals surface area contributed by atoms with Crippen molar-refractivity contribution >= 4 is 23.2 Å². The molecule has 20 heavy (non-hydrogen) atoms. The van der Waals surface area contributed by atoms with Gasteiger partial charge in [0, 0.05) is 24.0 Å². The van der Waals surface area contributed by atoms with Crippen molar-refractivity contribution in [3.05, 3.63) is 45.8 Å². The molecule has 0 aliphatic rings. The number of nitrogen functional groups attached to an aromatic ring is 1. The number of nitrogens with zero attached hydrogens (tertiary/aromatic N) is 2. The fraction of sp³-hybridized carbons (Fsp3) is 0.0909. The number of benzene rings is 1. The molecule has 0 atom stereocenters. The number of amides is 1. The van der Waals surface area contributed by atoms with Crippen molar-refractivity contribution in [3.63, 3.8) is 0 Å². The van der Waals surface area contributed by atoms with Crippen LogP contribution in [0.4, 0.5) is 17.3 Å². The van der Waals surface area contributed by atoms with Gasteiger partial charge in [0.2, 0.25) is 5.95 Å². The molecule has 0 bridgehead atoms.